The summed E-state index contributed by atoms with van der Waals surface area (Å²) < 4.78 is 0. The van der Waals surface area contributed by atoms with Gasteiger partial charge in [-0.3, -0.25) is 9.59 Å². The monoisotopic (exact) mass is 430 g/mol. The number of aromatic nitrogens is 2. The Morgan fingerprint density at radius 1 is 1.21 bits per heavy atom. The lowest BCUT2D eigenvalue weighted by molar-refractivity contribution is -0.118. The van der Waals surface area contributed by atoms with E-state index in [-0.39, 0.29) is 11.8 Å². The van der Waals surface area contributed by atoms with Crippen molar-refractivity contribution in [1.82, 2.24) is 15.5 Å². The van der Waals surface area contributed by atoms with Crippen molar-refractivity contribution in [3.63, 3.8) is 0 Å². The predicted octanol–water partition coefficient (Wildman–Crippen LogP) is 4.34. The maximum atomic E-state index is 12.3. The summed E-state index contributed by atoms with van der Waals surface area (Å²) in [5, 5.41) is 14.9. The summed E-state index contributed by atoms with van der Waals surface area (Å²) in [5.74, 6) is 0.716. The van der Waals surface area contributed by atoms with Crippen LogP contribution in [0.2, 0.25) is 0 Å². The van der Waals surface area contributed by atoms with Crippen molar-refractivity contribution in [2.24, 2.45) is 0 Å². The fourth-order valence-electron chi connectivity index (χ4n) is 3.07. The van der Waals surface area contributed by atoms with Gasteiger partial charge in [0.1, 0.15) is 5.01 Å². The number of carbonyl (C=O) groups excluding carboxylic acids is 2. The summed E-state index contributed by atoms with van der Waals surface area (Å²) >= 11 is 2.74. The summed E-state index contributed by atoms with van der Waals surface area (Å²) in [6, 6.07) is 7.60. The van der Waals surface area contributed by atoms with Crippen LogP contribution in [0.3, 0.4) is 0 Å². The van der Waals surface area contributed by atoms with E-state index in [4.69, 9.17) is 0 Å². The van der Waals surface area contributed by atoms with Gasteiger partial charge in [-0.15, -0.1) is 22.0 Å². The number of amides is 2. The first-order valence-corrected chi connectivity index (χ1v) is 11.8. The Labute approximate surface area is 179 Å². The van der Waals surface area contributed by atoms with Gasteiger partial charge in [0, 0.05) is 18.0 Å². The second-order valence-corrected chi connectivity index (χ2v) is 9.02. The molecule has 0 radical (unpaired) electrons. The van der Waals surface area contributed by atoms with Crippen molar-refractivity contribution in [2.45, 2.75) is 44.8 Å². The fraction of sp³-hybridized carbons (Fsp3) is 0.429. The minimum atomic E-state index is -0.261. The number of rotatable bonds is 9. The minimum Gasteiger partial charge on any atom is -0.355 e. The van der Waals surface area contributed by atoms with Crippen molar-refractivity contribution in [3.05, 3.63) is 51.5 Å². The molecule has 0 spiro atoms. The van der Waals surface area contributed by atoms with Crippen LogP contribution in [0.5, 0.6) is 0 Å². The molecule has 0 saturated carbocycles. The van der Waals surface area contributed by atoms with E-state index >= 15 is 0 Å². The molecule has 6 nitrogen and oxygen atoms in total. The van der Waals surface area contributed by atoms with Gasteiger partial charge in [-0.1, -0.05) is 41.2 Å². The second kappa shape index (κ2) is 11.1. The molecule has 1 aromatic carbocycles. The number of thioether (sulfide) groups is 1. The van der Waals surface area contributed by atoms with Crippen molar-refractivity contribution in [2.75, 3.05) is 17.6 Å². The van der Waals surface area contributed by atoms with Gasteiger partial charge in [-0.05, 0) is 50.7 Å². The van der Waals surface area contributed by atoms with Gasteiger partial charge in [0.25, 0.3) is 5.91 Å². The molecular weight excluding hydrogens is 404 g/mol. The normalized spacial score (nSPS) is 13.6. The van der Waals surface area contributed by atoms with Crippen LogP contribution in [0, 0.1) is 6.92 Å². The number of benzene rings is 1. The second-order valence-electron chi connectivity index (χ2n) is 6.97. The molecule has 8 heteroatoms. The van der Waals surface area contributed by atoms with Crippen LogP contribution in [0.25, 0.3) is 0 Å². The first kappa shape index (κ1) is 21.5. The first-order valence-electron chi connectivity index (χ1n) is 9.83. The molecule has 3 rings (SSSR count). The molecule has 0 atom stereocenters. The molecule has 0 unspecified atom stereocenters. The van der Waals surface area contributed by atoms with Gasteiger partial charge in [0.15, 0.2) is 0 Å². The van der Waals surface area contributed by atoms with Crippen LogP contribution < -0.4 is 10.6 Å². The van der Waals surface area contributed by atoms with Crippen LogP contribution in [0.1, 0.15) is 52.5 Å². The lowest BCUT2D eigenvalue weighted by Gasteiger charge is -2.12. The zero-order chi connectivity index (χ0) is 20.5. The SMILES string of the molecule is Cc1ccccc1NC(=O)c1nnc(CSCC(=O)NCCC2=CCCCC2)s1. The summed E-state index contributed by atoms with van der Waals surface area (Å²) in [5.41, 5.74) is 3.23. The number of anilines is 1. The van der Waals surface area contributed by atoms with E-state index in [0.717, 1.165) is 22.7 Å². The predicted molar refractivity (Wildman–Crippen MR) is 119 cm³/mol. The quantitative estimate of drug-likeness (QED) is 0.578. The van der Waals surface area contributed by atoms with Crippen LogP contribution in [-0.2, 0) is 10.5 Å². The van der Waals surface area contributed by atoms with Crippen molar-refractivity contribution in [1.29, 1.82) is 0 Å². The van der Waals surface area contributed by atoms with Crippen LogP contribution in [0.15, 0.2) is 35.9 Å². The molecule has 1 heterocycles. The molecule has 29 heavy (non-hydrogen) atoms. The number of hydrogen-bond donors (Lipinski definition) is 2. The molecule has 154 valence electrons. The van der Waals surface area contributed by atoms with Crippen LogP contribution in [0.4, 0.5) is 5.69 Å². The highest BCUT2D eigenvalue weighted by Crippen LogP contribution is 2.20. The Morgan fingerprint density at radius 2 is 2.07 bits per heavy atom. The molecule has 1 aromatic heterocycles. The van der Waals surface area contributed by atoms with E-state index in [0.29, 0.717) is 23.1 Å². The molecule has 1 aliphatic rings. The van der Waals surface area contributed by atoms with Gasteiger partial charge < -0.3 is 10.6 Å². The van der Waals surface area contributed by atoms with E-state index in [9.17, 15) is 9.59 Å². The molecule has 2 amide bonds. The molecule has 2 aromatic rings. The Bertz CT molecular complexity index is 879. The summed E-state index contributed by atoms with van der Waals surface area (Å²) in [6.45, 7) is 2.64. The Balaban J connectivity index is 1.36. The largest absolute Gasteiger partial charge is 0.355 e. The maximum Gasteiger partial charge on any atom is 0.286 e. The highest BCUT2D eigenvalue weighted by atomic mass is 32.2. The smallest absolute Gasteiger partial charge is 0.286 e. The van der Waals surface area contributed by atoms with E-state index in [1.165, 1.54) is 54.4 Å². The topological polar surface area (TPSA) is 84.0 Å². The lowest BCUT2D eigenvalue weighted by atomic mass is 9.97. The molecule has 0 fully saturated rings. The van der Waals surface area contributed by atoms with E-state index in [1.54, 1.807) is 0 Å². The van der Waals surface area contributed by atoms with Crippen LogP contribution in [-0.4, -0.2) is 34.3 Å². The third kappa shape index (κ3) is 6.97. The van der Waals surface area contributed by atoms with Gasteiger partial charge in [0.2, 0.25) is 10.9 Å². The maximum absolute atomic E-state index is 12.3. The van der Waals surface area contributed by atoms with Gasteiger partial charge in [0.05, 0.1) is 5.75 Å². The number of nitrogens with zero attached hydrogens (tertiary/aromatic N) is 2. The third-order valence-electron chi connectivity index (χ3n) is 4.67. The number of nitrogens with one attached hydrogen (secondary N) is 2. The summed E-state index contributed by atoms with van der Waals surface area (Å²) in [4.78, 5) is 24.3. The number of carbonyl (C=O) groups is 2. The first-order chi connectivity index (χ1) is 14.1. The number of allylic oxidation sites excluding steroid dienone is 1. The van der Waals surface area contributed by atoms with E-state index < -0.39 is 0 Å². The molecular formula is C21H26N4O2S2. The highest BCUT2D eigenvalue weighted by molar-refractivity contribution is 7.99. The van der Waals surface area contributed by atoms with Crippen molar-refractivity contribution < 1.29 is 9.59 Å². The number of aryl methyl sites for hydroxylation is 1. The zero-order valence-corrected chi connectivity index (χ0v) is 18.2. The average molecular weight is 431 g/mol. The van der Waals surface area contributed by atoms with Gasteiger partial charge in [-0.25, -0.2) is 0 Å². The standard InChI is InChI=1S/C21H26N4O2S2/c1-15-7-5-6-10-17(15)23-20(27)21-25-24-19(29-21)14-28-13-18(26)22-12-11-16-8-3-2-4-9-16/h5-8,10H,2-4,9,11-14H2,1H3,(H,22,26)(H,23,27). The Morgan fingerprint density at radius 3 is 2.86 bits per heavy atom. The average Bonchev–Trinajstić information content (AvgIpc) is 3.20. The number of hydrogen-bond acceptors (Lipinski definition) is 6. The molecule has 2 N–H and O–H groups in total. The highest BCUT2D eigenvalue weighted by Gasteiger charge is 2.14. The third-order valence-corrected chi connectivity index (χ3v) is 6.71. The summed E-state index contributed by atoms with van der Waals surface area (Å²) in [6.07, 6.45) is 8.15. The lowest BCUT2D eigenvalue weighted by Crippen LogP contribution is -2.26. The Hall–Kier alpha value is -2.19. The van der Waals surface area contributed by atoms with E-state index in [1.807, 2.05) is 31.2 Å². The van der Waals surface area contributed by atoms with Crippen LogP contribution >= 0.6 is 23.1 Å². The number of para-hydroxylation sites is 1. The van der Waals surface area contributed by atoms with E-state index in [2.05, 4.69) is 26.9 Å². The molecule has 1 aliphatic carbocycles. The van der Waals surface area contributed by atoms with Gasteiger partial charge in [-0.2, -0.15) is 0 Å². The van der Waals surface area contributed by atoms with Gasteiger partial charge >= 0.3 is 0 Å². The summed E-state index contributed by atoms with van der Waals surface area (Å²) in [7, 11) is 0. The van der Waals surface area contributed by atoms with Crippen molar-refractivity contribution in [3.8, 4) is 0 Å². The molecule has 0 aliphatic heterocycles. The molecule has 0 saturated heterocycles. The zero-order valence-electron chi connectivity index (χ0n) is 16.6. The fourth-order valence-corrected chi connectivity index (χ4v) is 4.71. The van der Waals surface area contributed by atoms with Crippen molar-refractivity contribution >= 4 is 40.6 Å². The molecule has 0 bridgehead atoms. The minimum absolute atomic E-state index is 0.0356. The Kier molecular flexibility index (Phi) is 8.25.